The lowest BCUT2D eigenvalue weighted by Crippen LogP contribution is -2.40. The predicted molar refractivity (Wildman–Crippen MR) is 86.5 cm³/mol. The van der Waals surface area contributed by atoms with Crippen LogP contribution in [0.1, 0.15) is 49.8 Å². The number of aliphatic hydroxyl groups excluding tert-OH is 1. The molecule has 0 saturated carbocycles. The molecule has 3 heteroatoms. The van der Waals surface area contributed by atoms with E-state index >= 15 is 0 Å². The Bertz CT molecular complexity index is 404. The van der Waals surface area contributed by atoms with Gasteiger partial charge in [0.2, 0.25) is 0 Å². The fourth-order valence-corrected chi connectivity index (χ4v) is 2.90. The number of benzene rings is 1. The number of likely N-dealkylation sites (tertiary alicyclic amines) is 1. The topological polar surface area (TPSA) is 32.7 Å². The van der Waals surface area contributed by atoms with E-state index in [1.165, 1.54) is 18.4 Å². The predicted octanol–water partition coefficient (Wildman–Crippen LogP) is 3.31. The van der Waals surface area contributed by atoms with Crippen LogP contribution in [0.15, 0.2) is 24.3 Å². The Labute approximate surface area is 128 Å². The molecule has 1 aliphatic heterocycles. The molecule has 1 heterocycles. The molecule has 1 N–H and O–H groups in total. The lowest BCUT2D eigenvalue weighted by Gasteiger charge is -2.33. The van der Waals surface area contributed by atoms with Crippen molar-refractivity contribution in [2.45, 2.75) is 51.7 Å². The maximum absolute atomic E-state index is 10.3. The average Bonchev–Trinajstić information content (AvgIpc) is 2.52. The number of aryl methyl sites for hydroxylation is 1. The Balaban J connectivity index is 1.75. The molecule has 2 rings (SSSR count). The molecule has 1 saturated heterocycles. The first kappa shape index (κ1) is 16.5. The zero-order valence-corrected chi connectivity index (χ0v) is 13.4. The van der Waals surface area contributed by atoms with Crippen molar-refractivity contribution in [3.05, 3.63) is 35.4 Å². The van der Waals surface area contributed by atoms with Gasteiger partial charge >= 0.3 is 0 Å². The van der Waals surface area contributed by atoms with Crippen molar-refractivity contribution in [3.63, 3.8) is 0 Å². The molecule has 1 aliphatic rings. The number of rotatable bonds is 7. The molecule has 1 aromatic carbocycles. The van der Waals surface area contributed by atoms with Gasteiger partial charge in [0, 0.05) is 19.7 Å². The highest BCUT2D eigenvalue weighted by molar-refractivity contribution is 5.23. The summed E-state index contributed by atoms with van der Waals surface area (Å²) in [4.78, 5) is 2.43. The Morgan fingerprint density at radius 3 is 2.81 bits per heavy atom. The number of hydrogen-bond acceptors (Lipinski definition) is 3. The van der Waals surface area contributed by atoms with Crippen LogP contribution in [0.25, 0.3) is 0 Å². The van der Waals surface area contributed by atoms with Crippen LogP contribution in [-0.2, 0) is 4.74 Å². The molecule has 0 amide bonds. The van der Waals surface area contributed by atoms with E-state index in [1.54, 1.807) is 0 Å². The quantitative estimate of drug-likeness (QED) is 0.836. The highest BCUT2D eigenvalue weighted by atomic mass is 16.5. The smallest absolute Gasteiger partial charge is 0.0802 e. The van der Waals surface area contributed by atoms with Crippen LogP contribution in [0.5, 0.6) is 0 Å². The summed E-state index contributed by atoms with van der Waals surface area (Å²) in [5, 5.41) is 10.3. The monoisotopic (exact) mass is 291 g/mol. The third-order valence-corrected chi connectivity index (χ3v) is 4.20. The molecule has 118 valence electrons. The third-order valence-electron chi connectivity index (χ3n) is 4.20. The first-order valence-electron chi connectivity index (χ1n) is 8.27. The van der Waals surface area contributed by atoms with Gasteiger partial charge in [0.15, 0.2) is 0 Å². The highest BCUT2D eigenvalue weighted by Gasteiger charge is 2.20. The number of hydrogen-bond donors (Lipinski definition) is 1. The Hall–Kier alpha value is -0.900. The molecule has 2 atom stereocenters. The van der Waals surface area contributed by atoms with Crippen LogP contribution >= 0.6 is 0 Å². The Kier molecular flexibility index (Phi) is 6.68. The van der Waals surface area contributed by atoms with E-state index < -0.39 is 0 Å². The van der Waals surface area contributed by atoms with Gasteiger partial charge in [-0.1, -0.05) is 36.8 Å². The molecule has 0 aliphatic carbocycles. The zero-order chi connectivity index (χ0) is 15.1. The number of ether oxygens (including phenoxy) is 1. The second kappa shape index (κ2) is 8.52. The van der Waals surface area contributed by atoms with Crippen molar-refractivity contribution in [2.75, 3.05) is 26.2 Å². The summed E-state index contributed by atoms with van der Waals surface area (Å²) >= 11 is 0. The van der Waals surface area contributed by atoms with Crippen LogP contribution in [0, 0.1) is 6.92 Å². The van der Waals surface area contributed by atoms with Crippen molar-refractivity contribution in [2.24, 2.45) is 0 Å². The molecular formula is C18H29NO2. The molecule has 0 spiro atoms. The standard InChI is InChI=1S/C18H29NO2/c1-3-13-21-17-5-4-11-19(14-17)12-10-18(20)16-8-6-15(2)7-9-16/h6-9,17-18,20H,3-5,10-14H2,1-2H3. The maximum Gasteiger partial charge on any atom is 0.0802 e. The number of aliphatic hydroxyl groups is 1. The second-order valence-corrected chi connectivity index (χ2v) is 6.15. The van der Waals surface area contributed by atoms with E-state index in [1.807, 2.05) is 12.1 Å². The van der Waals surface area contributed by atoms with Gasteiger partial charge in [0.05, 0.1) is 12.2 Å². The Morgan fingerprint density at radius 2 is 2.10 bits per heavy atom. The van der Waals surface area contributed by atoms with Crippen LogP contribution in [0.2, 0.25) is 0 Å². The molecule has 2 unspecified atom stereocenters. The van der Waals surface area contributed by atoms with Gasteiger partial charge in [-0.25, -0.2) is 0 Å². The van der Waals surface area contributed by atoms with Crippen molar-refractivity contribution in [1.29, 1.82) is 0 Å². The van der Waals surface area contributed by atoms with Crippen LogP contribution in [0.4, 0.5) is 0 Å². The third kappa shape index (κ3) is 5.42. The summed E-state index contributed by atoms with van der Waals surface area (Å²) < 4.78 is 5.86. The van der Waals surface area contributed by atoms with E-state index in [9.17, 15) is 5.11 Å². The SMILES string of the molecule is CCCOC1CCCN(CCC(O)c2ccc(C)cc2)C1. The summed E-state index contributed by atoms with van der Waals surface area (Å²) in [6, 6.07) is 8.19. The van der Waals surface area contributed by atoms with Crippen LogP contribution < -0.4 is 0 Å². The summed E-state index contributed by atoms with van der Waals surface area (Å²) in [7, 11) is 0. The van der Waals surface area contributed by atoms with Gasteiger partial charge in [-0.05, 0) is 44.7 Å². The van der Waals surface area contributed by atoms with E-state index in [4.69, 9.17) is 4.74 Å². The van der Waals surface area contributed by atoms with Crippen LogP contribution in [0.3, 0.4) is 0 Å². The maximum atomic E-state index is 10.3. The van der Waals surface area contributed by atoms with Crippen LogP contribution in [-0.4, -0.2) is 42.4 Å². The number of nitrogens with zero attached hydrogens (tertiary/aromatic N) is 1. The number of piperidine rings is 1. The van der Waals surface area contributed by atoms with E-state index in [-0.39, 0.29) is 6.10 Å². The summed E-state index contributed by atoms with van der Waals surface area (Å²) in [5.41, 5.74) is 2.26. The van der Waals surface area contributed by atoms with E-state index in [2.05, 4.69) is 30.9 Å². The van der Waals surface area contributed by atoms with E-state index in [0.717, 1.165) is 44.6 Å². The fourth-order valence-electron chi connectivity index (χ4n) is 2.90. The molecular weight excluding hydrogens is 262 g/mol. The molecule has 3 nitrogen and oxygen atoms in total. The van der Waals surface area contributed by atoms with Gasteiger partial charge in [0.1, 0.15) is 0 Å². The molecule has 1 fully saturated rings. The molecule has 0 radical (unpaired) electrons. The lowest BCUT2D eigenvalue weighted by atomic mass is 10.0. The van der Waals surface area contributed by atoms with Gasteiger partial charge in [-0.2, -0.15) is 0 Å². The second-order valence-electron chi connectivity index (χ2n) is 6.15. The molecule has 0 aromatic heterocycles. The van der Waals surface area contributed by atoms with Crippen molar-refractivity contribution in [1.82, 2.24) is 4.90 Å². The highest BCUT2D eigenvalue weighted by Crippen LogP contribution is 2.20. The summed E-state index contributed by atoms with van der Waals surface area (Å²) in [6.07, 6.45) is 4.29. The minimum atomic E-state index is -0.359. The summed E-state index contributed by atoms with van der Waals surface area (Å²) in [6.45, 7) is 8.18. The normalized spacial score (nSPS) is 21.4. The van der Waals surface area contributed by atoms with Gasteiger partial charge in [-0.15, -0.1) is 0 Å². The first-order valence-corrected chi connectivity index (χ1v) is 8.27. The average molecular weight is 291 g/mol. The Morgan fingerprint density at radius 1 is 1.33 bits per heavy atom. The van der Waals surface area contributed by atoms with Gasteiger partial charge < -0.3 is 14.7 Å². The summed E-state index contributed by atoms with van der Waals surface area (Å²) in [5.74, 6) is 0. The fraction of sp³-hybridized carbons (Fsp3) is 0.667. The van der Waals surface area contributed by atoms with Crippen molar-refractivity contribution >= 4 is 0 Å². The molecule has 0 bridgehead atoms. The first-order chi connectivity index (χ1) is 10.2. The van der Waals surface area contributed by atoms with Gasteiger partial charge in [-0.3, -0.25) is 0 Å². The molecule has 21 heavy (non-hydrogen) atoms. The van der Waals surface area contributed by atoms with Gasteiger partial charge in [0.25, 0.3) is 0 Å². The van der Waals surface area contributed by atoms with Crippen molar-refractivity contribution < 1.29 is 9.84 Å². The largest absolute Gasteiger partial charge is 0.388 e. The molecule has 1 aromatic rings. The minimum Gasteiger partial charge on any atom is -0.388 e. The minimum absolute atomic E-state index is 0.359. The zero-order valence-electron chi connectivity index (χ0n) is 13.4. The van der Waals surface area contributed by atoms with E-state index in [0.29, 0.717) is 6.10 Å². The lowest BCUT2D eigenvalue weighted by molar-refractivity contribution is -0.00347. The van der Waals surface area contributed by atoms with Crippen molar-refractivity contribution in [3.8, 4) is 0 Å².